The quantitative estimate of drug-likeness (QED) is 0.463. The molecule has 1 aromatic carbocycles. The zero-order valence-electron chi connectivity index (χ0n) is 19.8. The Hall–Kier alpha value is -3.01. The second-order valence-electron chi connectivity index (χ2n) is 9.22. The first-order chi connectivity index (χ1) is 16.2. The van der Waals surface area contributed by atoms with E-state index in [9.17, 15) is 19.8 Å². The normalized spacial score (nSPS) is 18.2. The molecule has 1 aliphatic rings. The Bertz CT molecular complexity index is 1210. The van der Waals surface area contributed by atoms with E-state index >= 15 is 0 Å². The van der Waals surface area contributed by atoms with Crippen LogP contribution in [0.5, 0.6) is 0 Å². The van der Waals surface area contributed by atoms with Gasteiger partial charge in [-0.25, -0.2) is 4.98 Å². The van der Waals surface area contributed by atoms with Crippen LogP contribution in [-0.2, 0) is 29.7 Å². The third kappa shape index (κ3) is 5.06. The lowest BCUT2D eigenvalue weighted by atomic mass is 10.0. The average molecular weight is 469 g/mol. The maximum Gasteiger partial charge on any atom is 0.323 e. The largest absolute Gasteiger partial charge is 0.480 e. The second kappa shape index (κ2) is 10.1. The van der Waals surface area contributed by atoms with E-state index in [1.54, 1.807) is 18.5 Å². The number of benzene rings is 1. The summed E-state index contributed by atoms with van der Waals surface area (Å²) in [5.41, 5.74) is 4.12. The van der Waals surface area contributed by atoms with E-state index in [4.69, 9.17) is 9.72 Å². The van der Waals surface area contributed by atoms with Crippen molar-refractivity contribution in [2.45, 2.75) is 51.9 Å². The number of nitrogens with zero attached hydrogens (tertiary/aromatic N) is 3. The van der Waals surface area contributed by atoms with Crippen LogP contribution in [0.3, 0.4) is 0 Å². The molecule has 0 aliphatic carbocycles. The highest BCUT2D eigenvalue weighted by molar-refractivity contribution is 5.81. The van der Waals surface area contributed by atoms with Crippen molar-refractivity contribution in [2.75, 3.05) is 13.2 Å². The molecule has 0 radical (unpaired) electrons. The van der Waals surface area contributed by atoms with Gasteiger partial charge in [0.05, 0.1) is 23.7 Å². The molecule has 1 saturated heterocycles. The molecule has 2 aromatic heterocycles. The molecule has 0 bridgehead atoms. The van der Waals surface area contributed by atoms with Crippen LogP contribution < -0.4 is 10.9 Å². The highest BCUT2D eigenvalue weighted by Crippen LogP contribution is 2.28. The molecule has 0 amide bonds. The van der Waals surface area contributed by atoms with Crippen LogP contribution in [0.2, 0.25) is 0 Å². The zero-order chi connectivity index (χ0) is 24.4. The van der Waals surface area contributed by atoms with Gasteiger partial charge in [0.2, 0.25) is 0 Å². The molecule has 0 spiro atoms. The number of aliphatic hydroxyl groups is 1. The number of aliphatic hydroxyl groups excluding tert-OH is 1. The molecule has 3 aromatic rings. The lowest BCUT2D eigenvalue weighted by molar-refractivity contribution is -0.142. The fourth-order valence-electron chi connectivity index (χ4n) is 4.59. The Balaban J connectivity index is 1.72. The molecular formula is C25H32N4O5. The summed E-state index contributed by atoms with van der Waals surface area (Å²) in [6.07, 6.45) is 2.92. The Labute approximate surface area is 198 Å². The molecule has 34 heavy (non-hydrogen) atoms. The maximum atomic E-state index is 12.2. The summed E-state index contributed by atoms with van der Waals surface area (Å²) in [5, 5.41) is 21.9. The summed E-state index contributed by atoms with van der Waals surface area (Å²) in [7, 11) is 1.74. The number of carbonyl (C=O) groups is 1. The molecule has 0 saturated carbocycles. The monoisotopic (exact) mass is 468 g/mol. The standard InChI is InChI=1S/C25H32N4O5/c1-15-9-19(13-28(3)24(15)31)23-27-20-10-17(11-26-22(16(2)30)25(32)33)6-7-21(20)29(23)12-18-5-4-8-34-14-18/h6-7,9-10,13,16,18,22,26,30H,4-5,8,11-12,14H2,1-3H3,(H,32,33)/t16-,18?,22+/m1/s1. The molecular weight excluding hydrogens is 436 g/mol. The second-order valence-corrected chi connectivity index (χ2v) is 9.22. The molecule has 9 heteroatoms. The van der Waals surface area contributed by atoms with E-state index in [2.05, 4.69) is 9.88 Å². The average Bonchev–Trinajstić information content (AvgIpc) is 3.15. The summed E-state index contributed by atoms with van der Waals surface area (Å²) in [5.74, 6) is 0.0708. The van der Waals surface area contributed by atoms with Crippen molar-refractivity contribution in [2.24, 2.45) is 13.0 Å². The van der Waals surface area contributed by atoms with E-state index in [0.29, 0.717) is 18.1 Å². The highest BCUT2D eigenvalue weighted by Gasteiger charge is 2.23. The first-order valence-electron chi connectivity index (χ1n) is 11.6. The van der Waals surface area contributed by atoms with Crippen molar-refractivity contribution < 1.29 is 19.7 Å². The van der Waals surface area contributed by atoms with Gasteiger partial charge in [0.1, 0.15) is 11.9 Å². The number of ether oxygens (including phenoxy) is 1. The van der Waals surface area contributed by atoms with Gasteiger partial charge in [0, 0.05) is 50.0 Å². The minimum Gasteiger partial charge on any atom is -0.480 e. The van der Waals surface area contributed by atoms with E-state index in [1.165, 1.54) is 6.92 Å². The predicted molar refractivity (Wildman–Crippen MR) is 129 cm³/mol. The van der Waals surface area contributed by atoms with Gasteiger partial charge in [0.15, 0.2) is 0 Å². The molecule has 3 N–H and O–H groups in total. The van der Waals surface area contributed by atoms with Crippen LogP contribution >= 0.6 is 0 Å². The fourth-order valence-corrected chi connectivity index (χ4v) is 4.59. The first kappa shape index (κ1) is 24.1. The van der Waals surface area contributed by atoms with Crippen molar-refractivity contribution in [3.05, 3.63) is 51.9 Å². The van der Waals surface area contributed by atoms with Crippen molar-refractivity contribution in [3.63, 3.8) is 0 Å². The highest BCUT2D eigenvalue weighted by atomic mass is 16.5. The van der Waals surface area contributed by atoms with E-state index in [1.807, 2.05) is 30.5 Å². The van der Waals surface area contributed by atoms with Crippen LogP contribution in [0.25, 0.3) is 22.4 Å². The van der Waals surface area contributed by atoms with Crippen LogP contribution in [0, 0.1) is 12.8 Å². The van der Waals surface area contributed by atoms with Crippen molar-refractivity contribution in [1.29, 1.82) is 0 Å². The van der Waals surface area contributed by atoms with Gasteiger partial charge in [-0.05, 0) is 50.5 Å². The Morgan fingerprint density at radius 2 is 2.15 bits per heavy atom. The number of carboxylic acids is 1. The molecule has 1 fully saturated rings. The van der Waals surface area contributed by atoms with Gasteiger partial charge >= 0.3 is 5.97 Å². The molecule has 3 atom stereocenters. The summed E-state index contributed by atoms with van der Waals surface area (Å²) >= 11 is 0. The number of aliphatic carboxylic acids is 1. The van der Waals surface area contributed by atoms with E-state index in [-0.39, 0.29) is 12.1 Å². The number of hydrogen-bond acceptors (Lipinski definition) is 6. The third-order valence-electron chi connectivity index (χ3n) is 6.40. The predicted octanol–water partition coefficient (Wildman–Crippen LogP) is 2.06. The van der Waals surface area contributed by atoms with Gasteiger partial charge in [-0.15, -0.1) is 0 Å². The number of imidazole rings is 1. The van der Waals surface area contributed by atoms with Gasteiger partial charge in [0.25, 0.3) is 5.56 Å². The van der Waals surface area contributed by atoms with Crippen LogP contribution in [0.4, 0.5) is 0 Å². The molecule has 9 nitrogen and oxygen atoms in total. The number of pyridine rings is 1. The van der Waals surface area contributed by atoms with E-state index in [0.717, 1.165) is 54.0 Å². The number of rotatable bonds is 8. The van der Waals surface area contributed by atoms with Crippen molar-refractivity contribution in [1.82, 2.24) is 19.4 Å². The summed E-state index contributed by atoms with van der Waals surface area (Å²) < 4.78 is 9.47. The fraction of sp³-hybridized carbons (Fsp3) is 0.480. The maximum absolute atomic E-state index is 12.2. The number of aryl methyl sites for hydroxylation is 2. The van der Waals surface area contributed by atoms with Crippen LogP contribution in [0.1, 0.15) is 30.9 Å². The first-order valence-corrected chi connectivity index (χ1v) is 11.6. The van der Waals surface area contributed by atoms with Crippen molar-refractivity contribution in [3.8, 4) is 11.4 Å². The molecule has 3 heterocycles. The van der Waals surface area contributed by atoms with E-state index < -0.39 is 18.1 Å². The number of aromatic nitrogens is 3. The third-order valence-corrected chi connectivity index (χ3v) is 6.40. The minimum atomic E-state index is -1.09. The van der Waals surface area contributed by atoms with Gasteiger partial charge in [-0.2, -0.15) is 0 Å². The minimum absolute atomic E-state index is 0.0356. The number of hydrogen-bond donors (Lipinski definition) is 3. The van der Waals surface area contributed by atoms with Crippen LogP contribution in [0.15, 0.2) is 35.3 Å². The number of carboxylic acid groups (broad SMARTS) is 1. The SMILES string of the molecule is Cc1cc(-c2nc3cc(CN[C@H](C(=O)O)[C@@H](C)O)ccc3n2CC2CCCOC2)cn(C)c1=O. The number of fused-ring (bicyclic) bond motifs is 1. The number of nitrogens with one attached hydrogen (secondary N) is 1. The lowest BCUT2D eigenvalue weighted by Gasteiger charge is -2.23. The Morgan fingerprint density at radius 3 is 2.79 bits per heavy atom. The van der Waals surface area contributed by atoms with Gasteiger partial charge < -0.3 is 24.1 Å². The molecule has 4 rings (SSSR count). The summed E-state index contributed by atoms with van der Waals surface area (Å²) in [4.78, 5) is 28.6. The molecule has 1 aliphatic heterocycles. The Kier molecular flexibility index (Phi) is 7.16. The Morgan fingerprint density at radius 1 is 1.35 bits per heavy atom. The van der Waals surface area contributed by atoms with Gasteiger partial charge in [-0.3, -0.25) is 14.9 Å². The van der Waals surface area contributed by atoms with Crippen molar-refractivity contribution >= 4 is 17.0 Å². The van der Waals surface area contributed by atoms with Gasteiger partial charge in [-0.1, -0.05) is 6.07 Å². The summed E-state index contributed by atoms with van der Waals surface area (Å²) in [6, 6.07) is 6.71. The smallest absolute Gasteiger partial charge is 0.323 e. The van der Waals surface area contributed by atoms with Crippen LogP contribution in [-0.4, -0.2) is 55.7 Å². The topological polar surface area (TPSA) is 119 Å². The summed E-state index contributed by atoms with van der Waals surface area (Å²) in [6.45, 7) is 5.81. The molecule has 1 unspecified atom stereocenters. The lowest BCUT2D eigenvalue weighted by Crippen LogP contribution is -2.44. The zero-order valence-corrected chi connectivity index (χ0v) is 19.8. The molecule has 182 valence electrons.